The summed E-state index contributed by atoms with van der Waals surface area (Å²) < 4.78 is 5.48. The molecule has 3 aromatic rings. The summed E-state index contributed by atoms with van der Waals surface area (Å²) in [7, 11) is 3.36. The number of pyridine rings is 1. The molecule has 1 aliphatic rings. The number of hydrogen-bond acceptors (Lipinski definition) is 5. The summed E-state index contributed by atoms with van der Waals surface area (Å²) in [6.45, 7) is 2.87. The lowest BCUT2D eigenvalue weighted by atomic mass is 10.0. The molecule has 0 unspecified atom stereocenters. The summed E-state index contributed by atoms with van der Waals surface area (Å²) in [4.78, 5) is 22.3. The number of aromatic amines is 1. The molecular formula is C22H27N5O2. The Morgan fingerprint density at radius 3 is 2.83 bits per heavy atom. The summed E-state index contributed by atoms with van der Waals surface area (Å²) in [5.41, 5.74) is 3.44. The van der Waals surface area contributed by atoms with Gasteiger partial charge in [-0.1, -0.05) is 18.2 Å². The van der Waals surface area contributed by atoms with E-state index in [9.17, 15) is 4.79 Å². The average molecular weight is 393 g/mol. The minimum Gasteiger partial charge on any atom is -0.496 e. The van der Waals surface area contributed by atoms with E-state index >= 15 is 0 Å². The van der Waals surface area contributed by atoms with Crippen LogP contribution in [0, 0.1) is 0 Å². The van der Waals surface area contributed by atoms with Gasteiger partial charge in [-0.15, -0.1) is 0 Å². The van der Waals surface area contributed by atoms with E-state index < -0.39 is 0 Å². The van der Waals surface area contributed by atoms with Crippen LogP contribution >= 0.6 is 0 Å². The number of rotatable bonds is 6. The summed E-state index contributed by atoms with van der Waals surface area (Å²) in [6, 6.07) is 10.5. The van der Waals surface area contributed by atoms with Gasteiger partial charge in [-0.3, -0.25) is 9.69 Å². The molecule has 0 radical (unpaired) electrons. The number of anilines is 1. The van der Waals surface area contributed by atoms with Crippen molar-refractivity contribution in [2.24, 2.45) is 0 Å². The number of methoxy groups -OCH3 is 1. The molecule has 7 nitrogen and oxygen atoms in total. The second-order valence-corrected chi connectivity index (χ2v) is 7.37. The number of carbonyl (C=O) groups is 1. The van der Waals surface area contributed by atoms with E-state index in [0.29, 0.717) is 11.6 Å². The van der Waals surface area contributed by atoms with Crippen LogP contribution in [0.2, 0.25) is 0 Å². The third-order valence-electron chi connectivity index (χ3n) is 5.58. The number of nitrogens with one attached hydrogen (secondary N) is 3. The number of piperidine rings is 1. The lowest BCUT2D eigenvalue weighted by Crippen LogP contribution is -2.39. The highest BCUT2D eigenvalue weighted by atomic mass is 16.5. The maximum Gasteiger partial charge on any atom is 0.254 e. The van der Waals surface area contributed by atoms with Gasteiger partial charge in [-0.25, -0.2) is 4.98 Å². The Hall–Kier alpha value is -3.06. The zero-order valence-electron chi connectivity index (χ0n) is 16.9. The van der Waals surface area contributed by atoms with Crippen LogP contribution in [0.5, 0.6) is 5.75 Å². The van der Waals surface area contributed by atoms with Crippen molar-refractivity contribution < 1.29 is 9.53 Å². The van der Waals surface area contributed by atoms with Gasteiger partial charge in [0.15, 0.2) is 0 Å². The van der Waals surface area contributed by atoms with Crippen molar-refractivity contribution in [3.8, 4) is 5.75 Å². The number of amides is 1. The maximum atomic E-state index is 12.3. The molecule has 1 amide bonds. The van der Waals surface area contributed by atoms with Crippen molar-refractivity contribution in [2.75, 3.05) is 32.6 Å². The molecule has 152 valence electrons. The predicted octanol–water partition coefficient (Wildman–Crippen LogP) is 3.01. The molecule has 2 aromatic heterocycles. The monoisotopic (exact) mass is 393 g/mol. The Morgan fingerprint density at radius 1 is 1.28 bits per heavy atom. The highest BCUT2D eigenvalue weighted by Gasteiger charge is 2.23. The summed E-state index contributed by atoms with van der Waals surface area (Å²) in [5, 5.41) is 7.29. The maximum absolute atomic E-state index is 12.3. The molecule has 7 heteroatoms. The molecule has 1 aromatic carbocycles. The quantitative estimate of drug-likeness (QED) is 0.600. The van der Waals surface area contributed by atoms with Gasteiger partial charge < -0.3 is 20.4 Å². The van der Waals surface area contributed by atoms with E-state index in [1.807, 2.05) is 24.4 Å². The Morgan fingerprint density at radius 2 is 2.07 bits per heavy atom. The van der Waals surface area contributed by atoms with Gasteiger partial charge in [0.05, 0.1) is 18.4 Å². The topological polar surface area (TPSA) is 82.3 Å². The summed E-state index contributed by atoms with van der Waals surface area (Å²) in [6.07, 6.45) is 5.51. The van der Waals surface area contributed by atoms with Crippen molar-refractivity contribution in [1.29, 1.82) is 0 Å². The van der Waals surface area contributed by atoms with Gasteiger partial charge in [0.1, 0.15) is 11.4 Å². The smallest absolute Gasteiger partial charge is 0.254 e. The largest absolute Gasteiger partial charge is 0.496 e. The van der Waals surface area contributed by atoms with E-state index in [4.69, 9.17) is 4.74 Å². The van der Waals surface area contributed by atoms with Gasteiger partial charge in [0.2, 0.25) is 0 Å². The van der Waals surface area contributed by atoms with E-state index in [2.05, 4.69) is 37.6 Å². The van der Waals surface area contributed by atoms with Crippen LogP contribution in [0.15, 0.2) is 42.7 Å². The fourth-order valence-electron chi connectivity index (χ4n) is 3.98. The molecule has 1 aliphatic heterocycles. The number of aromatic nitrogens is 2. The minimum absolute atomic E-state index is 0.128. The number of carbonyl (C=O) groups excluding carboxylic acids is 1. The molecule has 4 rings (SSSR count). The van der Waals surface area contributed by atoms with Crippen LogP contribution in [-0.4, -0.2) is 54.1 Å². The van der Waals surface area contributed by atoms with Crippen LogP contribution in [0.1, 0.15) is 28.8 Å². The van der Waals surface area contributed by atoms with Gasteiger partial charge in [0, 0.05) is 56.1 Å². The fraction of sp³-hybridized carbons (Fsp3) is 0.364. The van der Waals surface area contributed by atoms with E-state index in [0.717, 1.165) is 54.9 Å². The first-order chi connectivity index (χ1) is 14.2. The molecule has 0 atom stereocenters. The van der Waals surface area contributed by atoms with Gasteiger partial charge in [0.25, 0.3) is 5.91 Å². The Bertz CT molecular complexity index is 992. The van der Waals surface area contributed by atoms with Crippen molar-refractivity contribution in [3.05, 3.63) is 53.9 Å². The van der Waals surface area contributed by atoms with Crippen molar-refractivity contribution in [1.82, 2.24) is 20.2 Å². The van der Waals surface area contributed by atoms with Crippen LogP contribution in [0.4, 0.5) is 5.69 Å². The molecule has 3 heterocycles. The highest BCUT2D eigenvalue weighted by Crippen LogP contribution is 2.28. The van der Waals surface area contributed by atoms with Crippen molar-refractivity contribution in [3.63, 3.8) is 0 Å². The minimum atomic E-state index is -0.128. The molecule has 29 heavy (non-hydrogen) atoms. The Labute approximate surface area is 170 Å². The number of ether oxygens (including phenoxy) is 1. The van der Waals surface area contributed by atoms with Gasteiger partial charge in [-0.05, 0) is 25.0 Å². The van der Waals surface area contributed by atoms with Crippen LogP contribution in [-0.2, 0) is 6.54 Å². The number of likely N-dealkylation sites (tertiary alicyclic amines) is 1. The Kier molecular flexibility index (Phi) is 5.67. The fourth-order valence-corrected chi connectivity index (χ4v) is 3.98. The number of para-hydroxylation sites is 1. The molecule has 1 fully saturated rings. The van der Waals surface area contributed by atoms with Crippen LogP contribution in [0.25, 0.3) is 11.0 Å². The second kappa shape index (κ2) is 8.53. The number of benzene rings is 1. The SMILES string of the molecule is CNC(=O)c1cnc2[nH]ccc2c1NC1CCN(Cc2ccccc2OC)CC1. The molecule has 0 aliphatic carbocycles. The van der Waals surface area contributed by atoms with E-state index in [1.165, 1.54) is 5.56 Å². The van der Waals surface area contributed by atoms with E-state index in [1.54, 1.807) is 20.4 Å². The summed E-state index contributed by atoms with van der Waals surface area (Å²) in [5.74, 6) is 0.811. The zero-order valence-corrected chi connectivity index (χ0v) is 16.9. The standard InChI is InChI=1S/C22H27N5O2/c1-23-22(28)18-13-25-21-17(7-10-24-21)20(18)26-16-8-11-27(12-9-16)14-15-5-3-4-6-19(15)29-2/h3-7,10,13,16H,8-9,11-12,14H2,1-2H3,(H,23,28)(H2,24,25,26). The van der Waals surface area contributed by atoms with E-state index in [-0.39, 0.29) is 5.91 Å². The zero-order chi connectivity index (χ0) is 20.2. The number of fused-ring (bicyclic) bond motifs is 1. The average Bonchev–Trinajstić information content (AvgIpc) is 3.24. The third kappa shape index (κ3) is 4.05. The molecular weight excluding hydrogens is 366 g/mol. The van der Waals surface area contributed by atoms with Crippen LogP contribution in [0.3, 0.4) is 0 Å². The Balaban J connectivity index is 1.45. The first-order valence-electron chi connectivity index (χ1n) is 9.98. The lowest BCUT2D eigenvalue weighted by Gasteiger charge is -2.33. The highest BCUT2D eigenvalue weighted by molar-refractivity contribution is 6.06. The molecule has 0 bridgehead atoms. The third-order valence-corrected chi connectivity index (χ3v) is 5.58. The van der Waals surface area contributed by atoms with Gasteiger partial charge >= 0.3 is 0 Å². The first-order valence-corrected chi connectivity index (χ1v) is 9.98. The predicted molar refractivity (Wildman–Crippen MR) is 114 cm³/mol. The first kappa shape index (κ1) is 19.3. The molecule has 0 spiro atoms. The summed E-state index contributed by atoms with van der Waals surface area (Å²) >= 11 is 0. The number of hydrogen-bond donors (Lipinski definition) is 3. The lowest BCUT2D eigenvalue weighted by molar-refractivity contribution is 0.0963. The number of nitrogens with zero attached hydrogens (tertiary/aromatic N) is 2. The van der Waals surface area contributed by atoms with Crippen LogP contribution < -0.4 is 15.4 Å². The second-order valence-electron chi connectivity index (χ2n) is 7.37. The molecule has 3 N–H and O–H groups in total. The normalized spacial score (nSPS) is 15.4. The molecule has 1 saturated heterocycles. The van der Waals surface area contributed by atoms with Gasteiger partial charge in [-0.2, -0.15) is 0 Å². The number of H-pyrrole nitrogens is 1. The molecule has 0 saturated carbocycles. The van der Waals surface area contributed by atoms with Crippen molar-refractivity contribution in [2.45, 2.75) is 25.4 Å². The van der Waals surface area contributed by atoms with Crippen molar-refractivity contribution >= 4 is 22.6 Å².